The molecule has 0 atom stereocenters. The van der Waals surface area contributed by atoms with Crippen LogP contribution < -0.4 is 10.6 Å². The Morgan fingerprint density at radius 1 is 0.889 bits per heavy atom. The minimum Gasteiger partial charge on any atom is -0.450 e. The summed E-state index contributed by atoms with van der Waals surface area (Å²) in [5.41, 5.74) is 0. The number of carbonyl (C=O) groups excluding carboxylic acids is 2. The van der Waals surface area contributed by atoms with E-state index in [1.54, 1.807) is 13.8 Å². The van der Waals surface area contributed by atoms with Crippen molar-refractivity contribution in [3.63, 3.8) is 0 Å². The van der Waals surface area contributed by atoms with E-state index >= 15 is 0 Å². The molecule has 0 saturated heterocycles. The molecule has 98 valence electrons. The minimum atomic E-state index is -0.510. The number of carbonyl (C=O) groups is 2. The Hall–Kier alpha value is -2.34. The molecule has 0 spiro atoms. The van der Waals surface area contributed by atoms with Gasteiger partial charge in [-0.15, -0.1) is 0 Å². The predicted octanol–water partition coefficient (Wildman–Crippen LogP) is 0.485. The molecule has 18 heavy (non-hydrogen) atoms. The SMILES string of the molecule is CCOC(=O)NCC#CC#CCNC(=O)OCC. The number of hydrogen-bond acceptors (Lipinski definition) is 4. The van der Waals surface area contributed by atoms with E-state index in [9.17, 15) is 9.59 Å². The summed E-state index contributed by atoms with van der Waals surface area (Å²) in [5, 5.41) is 4.83. The molecule has 0 aliphatic heterocycles. The third-order valence-corrected chi connectivity index (χ3v) is 1.43. The number of amides is 2. The van der Waals surface area contributed by atoms with Crippen molar-refractivity contribution < 1.29 is 19.1 Å². The molecule has 0 aromatic rings. The smallest absolute Gasteiger partial charge is 0.407 e. The Balaban J connectivity index is 3.65. The molecule has 0 unspecified atom stereocenters. The number of alkyl carbamates (subject to hydrolysis) is 2. The van der Waals surface area contributed by atoms with Crippen molar-refractivity contribution in [2.75, 3.05) is 26.3 Å². The Morgan fingerprint density at radius 2 is 1.28 bits per heavy atom. The van der Waals surface area contributed by atoms with Crippen LogP contribution in [0.3, 0.4) is 0 Å². The molecule has 0 heterocycles. The molecule has 0 aliphatic rings. The van der Waals surface area contributed by atoms with Gasteiger partial charge in [-0.05, 0) is 25.7 Å². The highest BCUT2D eigenvalue weighted by atomic mass is 16.5. The first-order chi connectivity index (χ1) is 8.70. The largest absolute Gasteiger partial charge is 0.450 e. The molecule has 0 bridgehead atoms. The molecular weight excluding hydrogens is 236 g/mol. The van der Waals surface area contributed by atoms with Gasteiger partial charge in [-0.25, -0.2) is 9.59 Å². The van der Waals surface area contributed by atoms with Crippen molar-refractivity contribution in [3.8, 4) is 23.7 Å². The van der Waals surface area contributed by atoms with Gasteiger partial charge in [0.1, 0.15) is 0 Å². The third kappa shape index (κ3) is 10.2. The van der Waals surface area contributed by atoms with E-state index in [2.05, 4.69) is 43.8 Å². The first kappa shape index (κ1) is 15.7. The first-order valence-corrected chi connectivity index (χ1v) is 5.47. The standard InChI is InChI=1S/C12H16N2O4/c1-3-17-11(15)13-9-7-5-6-8-10-14-12(16)18-4-2/h3-4,9-10H2,1-2H3,(H,13,15)(H,14,16). The summed E-state index contributed by atoms with van der Waals surface area (Å²) in [6, 6.07) is 0. The molecule has 2 N–H and O–H groups in total. The normalized spacial score (nSPS) is 7.89. The molecule has 0 fully saturated rings. The highest BCUT2D eigenvalue weighted by molar-refractivity contribution is 5.67. The molecule has 6 nitrogen and oxygen atoms in total. The van der Waals surface area contributed by atoms with Crippen LogP contribution in [0.25, 0.3) is 0 Å². The molecular formula is C12H16N2O4. The van der Waals surface area contributed by atoms with E-state index in [1.165, 1.54) is 0 Å². The van der Waals surface area contributed by atoms with Gasteiger partial charge in [-0.1, -0.05) is 11.8 Å². The zero-order valence-corrected chi connectivity index (χ0v) is 10.5. The number of ether oxygens (including phenoxy) is 2. The lowest BCUT2D eigenvalue weighted by Crippen LogP contribution is -2.24. The fraction of sp³-hybridized carbons (Fsp3) is 0.500. The average Bonchev–Trinajstić information content (AvgIpc) is 2.33. The summed E-state index contributed by atoms with van der Waals surface area (Å²) in [6.45, 7) is 4.40. The number of nitrogens with one attached hydrogen (secondary N) is 2. The Morgan fingerprint density at radius 3 is 1.61 bits per heavy atom. The molecule has 0 aromatic carbocycles. The Kier molecular flexibility index (Phi) is 9.70. The second kappa shape index (κ2) is 11.2. The highest BCUT2D eigenvalue weighted by Crippen LogP contribution is 1.74. The minimum absolute atomic E-state index is 0.165. The summed E-state index contributed by atoms with van der Waals surface area (Å²) in [6.07, 6.45) is -1.02. The fourth-order valence-corrected chi connectivity index (χ4v) is 0.774. The molecule has 0 radical (unpaired) electrons. The maximum Gasteiger partial charge on any atom is 0.407 e. The van der Waals surface area contributed by atoms with Gasteiger partial charge in [0.05, 0.1) is 26.3 Å². The van der Waals surface area contributed by atoms with Crippen LogP contribution >= 0.6 is 0 Å². The molecule has 2 amide bonds. The fourth-order valence-electron chi connectivity index (χ4n) is 0.774. The zero-order valence-electron chi connectivity index (χ0n) is 10.5. The van der Waals surface area contributed by atoms with E-state index < -0.39 is 12.2 Å². The van der Waals surface area contributed by atoms with Crippen molar-refractivity contribution in [1.29, 1.82) is 0 Å². The monoisotopic (exact) mass is 252 g/mol. The second-order valence-corrected chi connectivity index (χ2v) is 2.75. The summed E-state index contributed by atoms with van der Waals surface area (Å²) in [5.74, 6) is 10.2. The molecule has 0 aromatic heterocycles. The van der Waals surface area contributed by atoms with Gasteiger partial charge >= 0.3 is 12.2 Å². The van der Waals surface area contributed by atoms with E-state index in [-0.39, 0.29) is 13.1 Å². The van der Waals surface area contributed by atoms with Crippen LogP contribution in [0.4, 0.5) is 9.59 Å². The van der Waals surface area contributed by atoms with Crippen LogP contribution in [-0.4, -0.2) is 38.5 Å². The van der Waals surface area contributed by atoms with Crippen LogP contribution in [0.2, 0.25) is 0 Å². The van der Waals surface area contributed by atoms with E-state index in [0.29, 0.717) is 13.2 Å². The Bertz CT molecular complexity index is 346. The number of rotatable bonds is 4. The molecule has 0 rings (SSSR count). The van der Waals surface area contributed by atoms with Crippen molar-refractivity contribution in [1.82, 2.24) is 10.6 Å². The lowest BCUT2D eigenvalue weighted by molar-refractivity contribution is 0.152. The zero-order chi connectivity index (χ0) is 13.6. The lowest BCUT2D eigenvalue weighted by Gasteiger charge is -1.99. The maximum absolute atomic E-state index is 10.8. The molecule has 0 saturated carbocycles. The van der Waals surface area contributed by atoms with Crippen LogP contribution in [0, 0.1) is 23.7 Å². The van der Waals surface area contributed by atoms with E-state index in [1.807, 2.05) is 0 Å². The first-order valence-electron chi connectivity index (χ1n) is 5.47. The van der Waals surface area contributed by atoms with Crippen LogP contribution in [-0.2, 0) is 9.47 Å². The van der Waals surface area contributed by atoms with Crippen LogP contribution in [0.15, 0.2) is 0 Å². The average molecular weight is 252 g/mol. The highest BCUT2D eigenvalue weighted by Gasteiger charge is 1.95. The maximum atomic E-state index is 10.8. The van der Waals surface area contributed by atoms with Crippen LogP contribution in [0.1, 0.15) is 13.8 Å². The third-order valence-electron chi connectivity index (χ3n) is 1.43. The number of hydrogen-bond donors (Lipinski definition) is 2. The molecule has 6 heteroatoms. The van der Waals surface area contributed by atoms with Crippen molar-refractivity contribution in [2.24, 2.45) is 0 Å². The van der Waals surface area contributed by atoms with Crippen molar-refractivity contribution >= 4 is 12.2 Å². The quantitative estimate of drug-likeness (QED) is 0.714. The lowest BCUT2D eigenvalue weighted by atomic mass is 10.5. The van der Waals surface area contributed by atoms with Crippen molar-refractivity contribution in [3.05, 3.63) is 0 Å². The predicted molar refractivity (Wildman–Crippen MR) is 65.6 cm³/mol. The summed E-state index contributed by atoms with van der Waals surface area (Å²) in [7, 11) is 0. The van der Waals surface area contributed by atoms with Gasteiger partial charge < -0.3 is 20.1 Å². The summed E-state index contributed by atoms with van der Waals surface area (Å²) < 4.78 is 9.24. The van der Waals surface area contributed by atoms with Gasteiger partial charge in [-0.2, -0.15) is 0 Å². The van der Waals surface area contributed by atoms with Crippen molar-refractivity contribution in [2.45, 2.75) is 13.8 Å². The van der Waals surface area contributed by atoms with E-state index in [0.717, 1.165) is 0 Å². The summed E-state index contributed by atoms with van der Waals surface area (Å²) in [4.78, 5) is 21.6. The van der Waals surface area contributed by atoms with E-state index in [4.69, 9.17) is 0 Å². The summed E-state index contributed by atoms with van der Waals surface area (Å²) >= 11 is 0. The van der Waals surface area contributed by atoms with Gasteiger partial charge in [0.15, 0.2) is 0 Å². The topological polar surface area (TPSA) is 76.7 Å². The Labute approximate surface area is 106 Å². The second-order valence-electron chi connectivity index (χ2n) is 2.75. The van der Waals surface area contributed by atoms with Gasteiger partial charge in [0.25, 0.3) is 0 Å². The van der Waals surface area contributed by atoms with Gasteiger partial charge in [0.2, 0.25) is 0 Å². The van der Waals surface area contributed by atoms with Gasteiger partial charge in [-0.3, -0.25) is 0 Å². The van der Waals surface area contributed by atoms with Crippen LogP contribution in [0.5, 0.6) is 0 Å². The van der Waals surface area contributed by atoms with Gasteiger partial charge in [0, 0.05) is 0 Å². The molecule has 0 aliphatic carbocycles.